The Morgan fingerprint density at radius 3 is 2.37 bits per heavy atom. The van der Waals surface area contributed by atoms with Crippen LogP contribution in [0, 0.1) is 23.3 Å². The van der Waals surface area contributed by atoms with Crippen molar-refractivity contribution in [3.8, 4) is 29.1 Å². The third-order valence-electron chi connectivity index (χ3n) is 2.65. The summed E-state index contributed by atoms with van der Waals surface area (Å²) in [4.78, 5) is 11.2. The van der Waals surface area contributed by atoms with Crippen molar-refractivity contribution >= 4 is 29.8 Å². The molecule has 0 aliphatic heterocycles. The fourth-order valence-electron chi connectivity index (χ4n) is 1.64. The molecule has 1 aromatic rings. The van der Waals surface area contributed by atoms with E-state index in [1.165, 1.54) is 13.0 Å². The van der Waals surface area contributed by atoms with Crippen LogP contribution >= 0.6 is 0 Å². The third-order valence-corrected chi connectivity index (χ3v) is 4.56. The number of anilines is 1. The van der Waals surface area contributed by atoms with Gasteiger partial charge in [0.25, 0.3) is 0 Å². The molecular weight excluding hydrogens is 399 g/mol. The first-order valence-corrected chi connectivity index (χ1v) is 12.5. The first-order chi connectivity index (χ1) is 12.2. The molecule has 0 saturated carbocycles. The number of hydrogen-bond donors (Lipinski definition) is 1. The normalized spacial score (nSPS) is 11.5. The number of nitrogens with one attached hydrogen (secondary N) is 1. The van der Waals surface area contributed by atoms with Crippen molar-refractivity contribution in [3.05, 3.63) is 23.8 Å². The SMILES string of the molecule is CC(=O)Nc1ccc(OS(=O)(=O)C(F)(F)F)cc1C#CCC#C[Si](C)(C)C. The Kier molecular flexibility index (Phi) is 7.12. The number of hydrogen-bond acceptors (Lipinski definition) is 4. The van der Waals surface area contributed by atoms with Crippen LogP contribution in [-0.4, -0.2) is 27.9 Å². The Morgan fingerprint density at radius 1 is 1.22 bits per heavy atom. The molecular formula is C17H18F3NO4SSi. The van der Waals surface area contributed by atoms with Crippen LogP contribution in [0.3, 0.4) is 0 Å². The average molecular weight is 417 g/mol. The van der Waals surface area contributed by atoms with Crippen LogP contribution in [0.2, 0.25) is 19.6 Å². The Hall–Kier alpha value is -2.43. The van der Waals surface area contributed by atoms with Crippen molar-refractivity contribution in [2.45, 2.75) is 38.5 Å². The molecule has 27 heavy (non-hydrogen) atoms. The summed E-state index contributed by atoms with van der Waals surface area (Å²) in [6, 6.07) is 3.21. The monoisotopic (exact) mass is 417 g/mol. The van der Waals surface area contributed by atoms with Crippen LogP contribution < -0.4 is 9.50 Å². The van der Waals surface area contributed by atoms with Crippen LogP contribution in [0.4, 0.5) is 18.9 Å². The van der Waals surface area contributed by atoms with Crippen molar-refractivity contribution < 1.29 is 30.6 Å². The summed E-state index contributed by atoms with van der Waals surface area (Å²) in [5, 5.41) is 2.46. The topological polar surface area (TPSA) is 72.5 Å². The van der Waals surface area contributed by atoms with Gasteiger partial charge in [-0.2, -0.15) is 21.6 Å². The molecule has 146 valence electrons. The fraction of sp³-hybridized carbons (Fsp3) is 0.353. The Morgan fingerprint density at radius 2 is 1.85 bits per heavy atom. The molecule has 0 unspecified atom stereocenters. The van der Waals surface area contributed by atoms with Gasteiger partial charge in [0.1, 0.15) is 13.8 Å². The molecule has 0 atom stereocenters. The van der Waals surface area contributed by atoms with Gasteiger partial charge in [-0.25, -0.2) is 0 Å². The minimum atomic E-state index is -5.80. The molecule has 0 radical (unpaired) electrons. The molecule has 1 aromatic carbocycles. The summed E-state index contributed by atoms with van der Waals surface area (Å²) in [7, 11) is -7.35. The van der Waals surface area contributed by atoms with Crippen LogP contribution in [0.15, 0.2) is 18.2 Å². The molecule has 0 aromatic heterocycles. The van der Waals surface area contributed by atoms with Crippen LogP contribution in [0.1, 0.15) is 18.9 Å². The summed E-state index contributed by atoms with van der Waals surface area (Å²) in [5.41, 5.74) is -2.13. The zero-order chi connectivity index (χ0) is 20.9. The van der Waals surface area contributed by atoms with Gasteiger partial charge in [0.2, 0.25) is 5.91 Å². The van der Waals surface area contributed by atoms with Crippen molar-refractivity contribution in [1.82, 2.24) is 0 Å². The van der Waals surface area contributed by atoms with Crippen molar-refractivity contribution in [3.63, 3.8) is 0 Å². The third kappa shape index (κ3) is 7.77. The van der Waals surface area contributed by atoms with E-state index in [9.17, 15) is 26.4 Å². The summed E-state index contributed by atoms with van der Waals surface area (Å²) in [6.45, 7) is 7.42. The lowest BCUT2D eigenvalue weighted by molar-refractivity contribution is -0.114. The number of carbonyl (C=O) groups excluding carboxylic acids is 1. The Bertz CT molecular complexity index is 943. The van der Waals surface area contributed by atoms with Crippen LogP contribution in [0.5, 0.6) is 5.75 Å². The van der Waals surface area contributed by atoms with E-state index in [1.807, 2.05) is 0 Å². The highest BCUT2D eigenvalue weighted by Crippen LogP contribution is 2.29. The first-order valence-electron chi connectivity index (χ1n) is 7.62. The highest BCUT2D eigenvalue weighted by atomic mass is 32.2. The zero-order valence-corrected chi connectivity index (χ0v) is 16.9. The standard InChI is InChI=1S/C17H18F3NO4SSi/c1-13(22)21-16-10-9-15(25-26(23,24)17(18,19)20)12-14(16)8-6-5-7-11-27(2,3)4/h9-10,12H,5H2,1-4H3,(H,21,22). The number of carbonyl (C=O) groups is 1. The van der Waals surface area contributed by atoms with Crippen LogP contribution in [-0.2, 0) is 14.9 Å². The number of benzene rings is 1. The summed E-state index contributed by atoms with van der Waals surface area (Å²) in [6.07, 6.45) is 0.218. The Labute approximate surface area is 157 Å². The lowest BCUT2D eigenvalue weighted by atomic mass is 10.1. The van der Waals surface area contributed by atoms with Gasteiger partial charge in [-0.05, 0) is 18.2 Å². The van der Waals surface area contributed by atoms with Crippen molar-refractivity contribution in [2.75, 3.05) is 5.32 Å². The smallest absolute Gasteiger partial charge is 0.376 e. The minimum Gasteiger partial charge on any atom is -0.376 e. The van der Waals surface area contributed by atoms with Gasteiger partial charge >= 0.3 is 15.6 Å². The van der Waals surface area contributed by atoms with Crippen LogP contribution in [0.25, 0.3) is 0 Å². The van der Waals surface area contributed by atoms with Gasteiger partial charge in [0, 0.05) is 6.92 Å². The Balaban J connectivity index is 3.19. The zero-order valence-electron chi connectivity index (χ0n) is 15.1. The van der Waals surface area contributed by atoms with Gasteiger partial charge in [0.15, 0.2) is 0 Å². The second kappa shape index (κ2) is 8.50. The summed E-state index contributed by atoms with van der Waals surface area (Å²) >= 11 is 0. The van der Waals surface area contributed by atoms with E-state index in [0.717, 1.165) is 12.1 Å². The van der Waals surface area contributed by atoms with E-state index in [4.69, 9.17) is 0 Å². The maximum atomic E-state index is 12.4. The van der Waals surface area contributed by atoms with E-state index in [0.29, 0.717) is 0 Å². The van der Waals surface area contributed by atoms with E-state index in [-0.39, 0.29) is 17.7 Å². The number of halogens is 3. The molecule has 0 aliphatic carbocycles. The van der Waals surface area contributed by atoms with Gasteiger partial charge in [-0.1, -0.05) is 37.4 Å². The maximum Gasteiger partial charge on any atom is 0.534 e. The van der Waals surface area contributed by atoms with E-state index in [1.54, 1.807) is 0 Å². The summed E-state index contributed by atoms with van der Waals surface area (Å²) in [5.74, 6) is 7.30. The van der Waals surface area contributed by atoms with Gasteiger partial charge in [0.05, 0.1) is 17.7 Å². The largest absolute Gasteiger partial charge is 0.534 e. The van der Waals surface area contributed by atoms with Crippen molar-refractivity contribution in [1.29, 1.82) is 0 Å². The van der Waals surface area contributed by atoms with Gasteiger partial charge in [-0.3, -0.25) is 4.79 Å². The van der Waals surface area contributed by atoms with Crippen molar-refractivity contribution in [2.24, 2.45) is 0 Å². The predicted octanol–water partition coefficient (Wildman–Crippen LogP) is 3.50. The highest BCUT2D eigenvalue weighted by Gasteiger charge is 2.48. The quantitative estimate of drug-likeness (QED) is 0.354. The summed E-state index contributed by atoms with van der Waals surface area (Å²) < 4.78 is 63.7. The van der Waals surface area contributed by atoms with Gasteiger partial charge < -0.3 is 9.50 Å². The molecule has 1 rings (SSSR count). The number of amides is 1. The number of alkyl halides is 3. The number of rotatable bonds is 3. The molecule has 1 amide bonds. The first kappa shape index (κ1) is 22.6. The molecule has 0 fully saturated rings. The second-order valence-electron chi connectivity index (χ2n) is 6.40. The van der Waals surface area contributed by atoms with E-state index in [2.05, 4.69) is 52.4 Å². The predicted molar refractivity (Wildman–Crippen MR) is 99.0 cm³/mol. The van der Waals surface area contributed by atoms with Gasteiger partial charge in [-0.15, -0.1) is 5.54 Å². The lowest BCUT2D eigenvalue weighted by Gasteiger charge is -2.11. The molecule has 0 spiro atoms. The minimum absolute atomic E-state index is 0.106. The highest BCUT2D eigenvalue weighted by molar-refractivity contribution is 7.88. The van der Waals surface area contributed by atoms with E-state index >= 15 is 0 Å². The molecule has 0 heterocycles. The average Bonchev–Trinajstić information content (AvgIpc) is 2.46. The molecule has 0 aliphatic rings. The molecule has 0 saturated heterocycles. The lowest BCUT2D eigenvalue weighted by Crippen LogP contribution is -2.28. The van der Waals surface area contributed by atoms with E-state index < -0.39 is 35.4 Å². The second-order valence-corrected chi connectivity index (χ2v) is 12.7. The molecule has 1 N–H and O–H groups in total. The fourth-order valence-corrected chi connectivity index (χ4v) is 2.71. The maximum absolute atomic E-state index is 12.4. The molecule has 0 bridgehead atoms. The molecule has 10 heteroatoms. The molecule has 5 nitrogen and oxygen atoms in total.